The molecule has 114 valence electrons. The Balaban J connectivity index is 2.07. The molecule has 2 saturated heterocycles. The second kappa shape index (κ2) is 6.67. The van der Waals surface area contributed by atoms with Gasteiger partial charge < -0.3 is 20.0 Å². The Kier molecular flexibility index (Phi) is 5.15. The molecule has 0 saturated carbocycles. The number of nitrogens with zero attached hydrogens (tertiary/aromatic N) is 2. The molecule has 0 spiro atoms. The Labute approximate surface area is 123 Å². The van der Waals surface area contributed by atoms with Crippen molar-refractivity contribution >= 4 is 23.8 Å². The van der Waals surface area contributed by atoms with Gasteiger partial charge in [0.1, 0.15) is 0 Å². The predicted molar refractivity (Wildman–Crippen MR) is 76.8 cm³/mol. The number of amides is 2. The number of hydrogen-bond donors (Lipinski definition) is 2. The van der Waals surface area contributed by atoms with Crippen LogP contribution in [-0.2, 0) is 4.79 Å². The molecule has 0 aromatic carbocycles. The molecule has 7 heteroatoms. The zero-order chi connectivity index (χ0) is 14.7. The molecule has 2 rings (SSSR count). The van der Waals surface area contributed by atoms with E-state index in [4.69, 9.17) is 5.11 Å². The van der Waals surface area contributed by atoms with E-state index < -0.39 is 5.97 Å². The van der Waals surface area contributed by atoms with Crippen LogP contribution in [0.2, 0.25) is 0 Å². The van der Waals surface area contributed by atoms with Crippen molar-refractivity contribution in [2.75, 3.05) is 31.2 Å². The summed E-state index contributed by atoms with van der Waals surface area (Å²) in [6.07, 6.45) is 0.884. The van der Waals surface area contributed by atoms with E-state index >= 15 is 0 Å². The average molecular weight is 302 g/mol. The topological polar surface area (TPSA) is 81.1 Å². The minimum Gasteiger partial charge on any atom is -0.481 e. The van der Waals surface area contributed by atoms with Crippen molar-refractivity contribution in [3.8, 4) is 0 Å². The lowest BCUT2D eigenvalue weighted by atomic mass is 10.0. The molecule has 3 unspecified atom stereocenters. The van der Waals surface area contributed by atoms with Gasteiger partial charge in [-0.05, 0) is 12.3 Å². The van der Waals surface area contributed by atoms with Gasteiger partial charge in [0.25, 0.3) is 0 Å². The van der Waals surface area contributed by atoms with Crippen molar-refractivity contribution in [1.82, 2.24) is 9.80 Å². The van der Waals surface area contributed by atoms with Gasteiger partial charge in [0, 0.05) is 24.6 Å². The summed E-state index contributed by atoms with van der Waals surface area (Å²) in [4.78, 5) is 27.0. The van der Waals surface area contributed by atoms with E-state index in [1.807, 2.05) is 6.92 Å². The summed E-state index contributed by atoms with van der Waals surface area (Å²) in [5.74, 6) is 0.935. The number of rotatable bonds is 3. The largest absolute Gasteiger partial charge is 0.481 e. The average Bonchev–Trinajstić information content (AvgIpc) is 2.79. The van der Waals surface area contributed by atoms with E-state index in [0.29, 0.717) is 24.8 Å². The predicted octanol–water partition coefficient (Wildman–Crippen LogP) is 0.701. The second-order valence-corrected chi connectivity index (χ2v) is 6.66. The highest BCUT2D eigenvalue weighted by atomic mass is 32.2. The smallest absolute Gasteiger partial charge is 0.320 e. The van der Waals surface area contributed by atoms with Crippen molar-refractivity contribution < 1.29 is 19.8 Å². The van der Waals surface area contributed by atoms with Gasteiger partial charge >= 0.3 is 12.0 Å². The van der Waals surface area contributed by atoms with Gasteiger partial charge in [-0.3, -0.25) is 4.79 Å². The number of likely N-dealkylation sites (tertiary alicyclic amines) is 1. The van der Waals surface area contributed by atoms with E-state index in [1.54, 1.807) is 21.6 Å². The van der Waals surface area contributed by atoms with Gasteiger partial charge in [0.2, 0.25) is 0 Å². The van der Waals surface area contributed by atoms with E-state index in [-0.39, 0.29) is 31.1 Å². The maximum absolute atomic E-state index is 12.6. The molecule has 0 radical (unpaired) electrons. The lowest BCUT2D eigenvalue weighted by molar-refractivity contribution is -0.138. The van der Waals surface area contributed by atoms with Crippen LogP contribution in [0.25, 0.3) is 0 Å². The lowest BCUT2D eigenvalue weighted by Crippen LogP contribution is -2.54. The first-order chi connectivity index (χ1) is 9.54. The number of urea groups is 1. The second-order valence-electron chi connectivity index (χ2n) is 5.51. The molecule has 3 atom stereocenters. The maximum Gasteiger partial charge on any atom is 0.320 e. The molecule has 6 nitrogen and oxygen atoms in total. The normalized spacial score (nSPS) is 30.6. The van der Waals surface area contributed by atoms with Crippen molar-refractivity contribution in [3.05, 3.63) is 0 Å². The summed E-state index contributed by atoms with van der Waals surface area (Å²) in [7, 11) is 0. The van der Waals surface area contributed by atoms with Crippen LogP contribution in [-0.4, -0.2) is 75.3 Å². The summed E-state index contributed by atoms with van der Waals surface area (Å²) in [6.45, 7) is 3.24. The molecule has 2 heterocycles. The van der Waals surface area contributed by atoms with Crippen LogP contribution in [0, 0.1) is 5.92 Å². The number of thioether (sulfide) groups is 1. The number of carbonyl (C=O) groups is 2. The number of aliphatic hydroxyl groups excluding tert-OH is 1. The third-order valence-electron chi connectivity index (χ3n) is 4.20. The highest BCUT2D eigenvalue weighted by molar-refractivity contribution is 7.99. The standard InChI is InChI=1S/C13H22N2O4S/c1-9-2-3-15(11(9)7-16)13(19)14-4-5-20-8-10(14)6-12(17)18/h9-11,16H,2-8H2,1H3,(H,17,18). The van der Waals surface area contributed by atoms with E-state index in [2.05, 4.69) is 0 Å². The Hall–Kier alpha value is -0.950. The quantitative estimate of drug-likeness (QED) is 0.802. The third-order valence-corrected chi connectivity index (χ3v) is 5.29. The van der Waals surface area contributed by atoms with Crippen LogP contribution in [0.15, 0.2) is 0 Å². The Morgan fingerprint density at radius 1 is 1.30 bits per heavy atom. The highest BCUT2D eigenvalue weighted by Gasteiger charge is 2.39. The monoisotopic (exact) mass is 302 g/mol. The molecule has 0 aliphatic carbocycles. The Morgan fingerprint density at radius 3 is 2.70 bits per heavy atom. The number of carboxylic acid groups (broad SMARTS) is 1. The van der Waals surface area contributed by atoms with Crippen LogP contribution in [0.4, 0.5) is 4.79 Å². The molecule has 0 bridgehead atoms. The third kappa shape index (κ3) is 3.20. The summed E-state index contributed by atoms with van der Waals surface area (Å²) < 4.78 is 0. The van der Waals surface area contributed by atoms with E-state index in [9.17, 15) is 14.7 Å². The van der Waals surface area contributed by atoms with Gasteiger partial charge in [0.15, 0.2) is 0 Å². The molecule has 2 amide bonds. The summed E-state index contributed by atoms with van der Waals surface area (Å²) >= 11 is 1.69. The van der Waals surface area contributed by atoms with Crippen LogP contribution in [0.3, 0.4) is 0 Å². The maximum atomic E-state index is 12.6. The highest BCUT2D eigenvalue weighted by Crippen LogP contribution is 2.27. The number of hydrogen-bond acceptors (Lipinski definition) is 4. The van der Waals surface area contributed by atoms with Crippen molar-refractivity contribution in [1.29, 1.82) is 0 Å². The first kappa shape index (κ1) is 15.4. The van der Waals surface area contributed by atoms with Gasteiger partial charge in [-0.15, -0.1) is 0 Å². The SMILES string of the molecule is CC1CCN(C(=O)N2CCSCC2CC(=O)O)C1CO. The molecule has 20 heavy (non-hydrogen) atoms. The van der Waals surface area contributed by atoms with Crippen LogP contribution >= 0.6 is 11.8 Å². The molecule has 2 aliphatic rings. The van der Waals surface area contributed by atoms with Gasteiger partial charge in [-0.2, -0.15) is 11.8 Å². The zero-order valence-electron chi connectivity index (χ0n) is 11.7. The molecular formula is C13H22N2O4S. The number of aliphatic carboxylic acids is 1. The van der Waals surface area contributed by atoms with Gasteiger partial charge in [0.05, 0.1) is 25.1 Å². The van der Waals surface area contributed by atoms with Crippen LogP contribution in [0.1, 0.15) is 19.8 Å². The lowest BCUT2D eigenvalue weighted by Gasteiger charge is -2.39. The number of carboxylic acids is 1. The van der Waals surface area contributed by atoms with E-state index in [1.165, 1.54) is 0 Å². The Bertz CT molecular complexity index is 379. The first-order valence-corrected chi connectivity index (χ1v) is 8.17. The fourth-order valence-electron chi connectivity index (χ4n) is 2.97. The molecule has 0 aromatic heterocycles. The minimum absolute atomic E-state index is 0.00801. The molecule has 2 N–H and O–H groups in total. The summed E-state index contributed by atoms with van der Waals surface area (Å²) in [6, 6.07) is -0.489. The van der Waals surface area contributed by atoms with E-state index in [0.717, 1.165) is 12.2 Å². The molecule has 2 fully saturated rings. The fourth-order valence-corrected chi connectivity index (χ4v) is 4.03. The Morgan fingerprint density at radius 2 is 2.05 bits per heavy atom. The molecule has 2 aliphatic heterocycles. The fraction of sp³-hybridized carbons (Fsp3) is 0.846. The molecular weight excluding hydrogens is 280 g/mol. The van der Waals surface area contributed by atoms with Gasteiger partial charge in [-0.1, -0.05) is 6.92 Å². The number of aliphatic hydroxyl groups is 1. The van der Waals surface area contributed by atoms with Crippen LogP contribution in [0.5, 0.6) is 0 Å². The van der Waals surface area contributed by atoms with Crippen molar-refractivity contribution in [2.24, 2.45) is 5.92 Å². The van der Waals surface area contributed by atoms with Gasteiger partial charge in [-0.25, -0.2) is 4.79 Å². The van der Waals surface area contributed by atoms with Crippen LogP contribution < -0.4 is 0 Å². The summed E-state index contributed by atoms with van der Waals surface area (Å²) in [5, 5.41) is 18.4. The van der Waals surface area contributed by atoms with Crippen molar-refractivity contribution in [3.63, 3.8) is 0 Å². The zero-order valence-corrected chi connectivity index (χ0v) is 12.5. The minimum atomic E-state index is -0.871. The first-order valence-electron chi connectivity index (χ1n) is 7.02. The van der Waals surface area contributed by atoms with Crippen molar-refractivity contribution in [2.45, 2.75) is 31.8 Å². The number of carbonyl (C=O) groups excluding carboxylic acids is 1. The molecule has 0 aromatic rings. The summed E-state index contributed by atoms with van der Waals surface area (Å²) in [5.41, 5.74) is 0.